The summed E-state index contributed by atoms with van der Waals surface area (Å²) in [6.45, 7) is 0.872. The van der Waals surface area contributed by atoms with Crippen molar-refractivity contribution in [1.82, 2.24) is 10.2 Å². The Hall–Kier alpha value is -1.47. The highest BCUT2D eigenvalue weighted by Crippen LogP contribution is 2.14. The van der Waals surface area contributed by atoms with E-state index in [1.54, 1.807) is 11.8 Å². The third-order valence-corrected chi connectivity index (χ3v) is 2.40. The molecule has 8 heteroatoms. The minimum absolute atomic E-state index is 0.00712. The molecule has 1 rings (SSSR count). The standard InChI is InChI=1S/C10H15F3N2O3/c1-7(5-15-4-2-3-8(15)16)14-9(17)18-6-10(11,12)13/h7H,2-6H2,1H3,(H,14,17). The normalized spacial score (nSPS) is 17.8. The maximum absolute atomic E-state index is 11.8. The predicted octanol–water partition coefficient (Wildman–Crippen LogP) is 1.29. The number of amides is 2. The molecule has 1 aliphatic heterocycles. The van der Waals surface area contributed by atoms with E-state index >= 15 is 0 Å². The molecule has 1 saturated heterocycles. The number of alkyl carbamates (subject to hydrolysis) is 1. The fourth-order valence-electron chi connectivity index (χ4n) is 1.66. The van der Waals surface area contributed by atoms with Gasteiger partial charge in [0, 0.05) is 25.6 Å². The zero-order valence-corrected chi connectivity index (χ0v) is 9.92. The maximum atomic E-state index is 11.8. The number of carbonyl (C=O) groups is 2. The lowest BCUT2D eigenvalue weighted by Crippen LogP contribution is -2.43. The Labute approximate surface area is 102 Å². The van der Waals surface area contributed by atoms with E-state index in [1.165, 1.54) is 0 Å². The first-order valence-electron chi connectivity index (χ1n) is 5.56. The average molecular weight is 268 g/mol. The van der Waals surface area contributed by atoms with E-state index in [0.29, 0.717) is 13.0 Å². The van der Waals surface area contributed by atoms with Crippen molar-refractivity contribution in [2.24, 2.45) is 0 Å². The molecular weight excluding hydrogens is 253 g/mol. The van der Waals surface area contributed by atoms with E-state index in [1.807, 2.05) is 0 Å². The molecule has 1 N–H and O–H groups in total. The summed E-state index contributed by atoms with van der Waals surface area (Å²) in [6.07, 6.45) is -4.42. The third kappa shape index (κ3) is 5.24. The van der Waals surface area contributed by atoms with Crippen molar-refractivity contribution >= 4 is 12.0 Å². The highest BCUT2D eigenvalue weighted by atomic mass is 19.4. The number of hydrogen-bond donors (Lipinski definition) is 1. The number of rotatable bonds is 4. The Balaban J connectivity index is 2.25. The molecule has 0 saturated carbocycles. The van der Waals surface area contributed by atoms with Gasteiger partial charge in [0.25, 0.3) is 0 Å². The smallest absolute Gasteiger partial charge is 0.422 e. The van der Waals surface area contributed by atoms with Gasteiger partial charge >= 0.3 is 12.3 Å². The summed E-state index contributed by atoms with van der Waals surface area (Å²) in [7, 11) is 0. The van der Waals surface area contributed by atoms with Crippen LogP contribution in [0.4, 0.5) is 18.0 Å². The minimum atomic E-state index is -4.54. The number of alkyl halides is 3. The van der Waals surface area contributed by atoms with E-state index in [-0.39, 0.29) is 12.5 Å². The second-order valence-electron chi connectivity index (χ2n) is 4.18. The van der Waals surface area contributed by atoms with E-state index in [0.717, 1.165) is 6.42 Å². The molecular formula is C10H15F3N2O3. The summed E-state index contributed by atoms with van der Waals surface area (Å²) >= 11 is 0. The molecule has 0 aliphatic carbocycles. The van der Waals surface area contributed by atoms with Gasteiger partial charge in [-0.15, -0.1) is 0 Å². The minimum Gasteiger partial charge on any atom is -0.440 e. The molecule has 1 aliphatic rings. The van der Waals surface area contributed by atoms with Crippen LogP contribution in [0.2, 0.25) is 0 Å². The van der Waals surface area contributed by atoms with E-state index in [4.69, 9.17) is 0 Å². The van der Waals surface area contributed by atoms with E-state index in [2.05, 4.69) is 10.1 Å². The van der Waals surface area contributed by atoms with Gasteiger partial charge in [0.1, 0.15) is 0 Å². The van der Waals surface area contributed by atoms with Gasteiger partial charge in [0.05, 0.1) is 0 Å². The monoisotopic (exact) mass is 268 g/mol. The van der Waals surface area contributed by atoms with Crippen LogP contribution in [0.25, 0.3) is 0 Å². The van der Waals surface area contributed by atoms with Crippen molar-refractivity contribution in [1.29, 1.82) is 0 Å². The Morgan fingerprint density at radius 3 is 2.72 bits per heavy atom. The van der Waals surface area contributed by atoms with Crippen LogP contribution in [0.1, 0.15) is 19.8 Å². The van der Waals surface area contributed by atoms with Gasteiger partial charge < -0.3 is 15.0 Å². The van der Waals surface area contributed by atoms with Crippen LogP contribution in [0, 0.1) is 0 Å². The summed E-state index contributed by atoms with van der Waals surface area (Å²) in [4.78, 5) is 23.9. The molecule has 104 valence electrons. The number of halogens is 3. The summed E-state index contributed by atoms with van der Waals surface area (Å²) in [5, 5.41) is 2.24. The first kappa shape index (κ1) is 14.6. The molecule has 0 spiro atoms. The summed E-state index contributed by atoms with van der Waals surface area (Å²) in [6, 6.07) is -0.451. The molecule has 18 heavy (non-hydrogen) atoms. The predicted molar refractivity (Wildman–Crippen MR) is 55.8 cm³/mol. The average Bonchev–Trinajstić information content (AvgIpc) is 2.60. The van der Waals surface area contributed by atoms with Crippen molar-refractivity contribution in [3.63, 3.8) is 0 Å². The number of hydrogen-bond acceptors (Lipinski definition) is 3. The number of likely N-dealkylation sites (tertiary alicyclic amines) is 1. The number of carbonyl (C=O) groups excluding carboxylic acids is 2. The zero-order chi connectivity index (χ0) is 13.8. The summed E-state index contributed by atoms with van der Waals surface area (Å²) in [5.41, 5.74) is 0. The quantitative estimate of drug-likeness (QED) is 0.835. The fourth-order valence-corrected chi connectivity index (χ4v) is 1.66. The Bertz CT molecular complexity index is 320. The lowest BCUT2D eigenvalue weighted by molar-refractivity contribution is -0.160. The van der Waals surface area contributed by atoms with Crippen molar-refractivity contribution < 1.29 is 27.5 Å². The van der Waals surface area contributed by atoms with Gasteiger partial charge in [-0.05, 0) is 13.3 Å². The SMILES string of the molecule is CC(CN1CCCC1=O)NC(=O)OCC(F)(F)F. The largest absolute Gasteiger partial charge is 0.440 e. The molecule has 1 heterocycles. The highest BCUT2D eigenvalue weighted by Gasteiger charge is 2.30. The highest BCUT2D eigenvalue weighted by molar-refractivity contribution is 5.78. The Morgan fingerprint density at radius 1 is 1.56 bits per heavy atom. The molecule has 1 fully saturated rings. The lowest BCUT2D eigenvalue weighted by Gasteiger charge is -2.21. The molecule has 0 aromatic heterocycles. The molecule has 0 aromatic rings. The first-order chi connectivity index (χ1) is 8.28. The van der Waals surface area contributed by atoms with Crippen LogP contribution in [0.15, 0.2) is 0 Å². The molecule has 5 nitrogen and oxygen atoms in total. The topological polar surface area (TPSA) is 58.6 Å². The van der Waals surface area contributed by atoms with Crippen molar-refractivity contribution in [3.8, 4) is 0 Å². The number of nitrogens with one attached hydrogen (secondary N) is 1. The lowest BCUT2D eigenvalue weighted by atomic mass is 10.3. The van der Waals surface area contributed by atoms with Crippen LogP contribution in [-0.2, 0) is 9.53 Å². The molecule has 0 aromatic carbocycles. The number of ether oxygens (including phenoxy) is 1. The van der Waals surface area contributed by atoms with Gasteiger partial charge in [-0.3, -0.25) is 4.79 Å². The summed E-state index contributed by atoms with van der Waals surface area (Å²) in [5.74, 6) is -0.00712. The second kappa shape index (κ2) is 5.92. The maximum Gasteiger partial charge on any atom is 0.422 e. The zero-order valence-electron chi connectivity index (χ0n) is 9.92. The van der Waals surface area contributed by atoms with E-state index < -0.39 is 24.9 Å². The third-order valence-electron chi connectivity index (χ3n) is 2.40. The molecule has 0 bridgehead atoms. The van der Waals surface area contributed by atoms with Gasteiger partial charge in [-0.2, -0.15) is 13.2 Å². The van der Waals surface area contributed by atoms with E-state index in [9.17, 15) is 22.8 Å². The van der Waals surface area contributed by atoms with Crippen LogP contribution >= 0.6 is 0 Å². The van der Waals surface area contributed by atoms with Gasteiger partial charge in [0.2, 0.25) is 5.91 Å². The first-order valence-corrected chi connectivity index (χ1v) is 5.56. The Morgan fingerprint density at radius 2 is 2.22 bits per heavy atom. The van der Waals surface area contributed by atoms with Crippen LogP contribution in [0.5, 0.6) is 0 Å². The van der Waals surface area contributed by atoms with Gasteiger partial charge in [-0.1, -0.05) is 0 Å². The Kier molecular flexibility index (Phi) is 4.80. The van der Waals surface area contributed by atoms with Crippen LogP contribution in [-0.4, -0.2) is 48.8 Å². The van der Waals surface area contributed by atoms with Gasteiger partial charge in [0.15, 0.2) is 6.61 Å². The van der Waals surface area contributed by atoms with Crippen LogP contribution < -0.4 is 5.32 Å². The second-order valence-corrected chi connectivity index (χ2v) is 4.18. The van der Waals surface area contributed by atoms with Crippen LogP contribution in [0.3, 0.4) is 0 Å². The molecule has 0 radical (unpaired) electrons. The van der Waals surface area contributed by atoms with Crippen molar-refractivity contribution in [2.45, 2.75) is 32.0 Å². The molecule has 2 amide bonds. The van der Waals surface area contributed by atoms with Crippen molar-refractivity contribution in [2.75, 3.05) is 19.7 Å². The number of nitrogens with zero attached hydrogens (tertiary/aromatic N) is 1. The molecule has 1 unspecified atom stereocenters. The molecule has 1 atom stereocenters. The fraction of sp³-hybridized carbons (Fsp3) is 0.800. The van der Waals surface area contributed by atoms with Gasteiger partial charge in [-0.25, -0.2) is 4.79 Å². The summed E-state index contributed by atoms with van der Waals surface area (Å²) < 4.78 is 39.3. The van der Waals surface area contributed by atoms with Crippen molar-refractivity contribution in [3.05, 3.63) is 0 Å².